The van der Waals surface area contributed by atoms with Crippen LogP contribution in [0.2, 0.25) is 5.02 Å². The summed E-state index contributed by atoms with van der Waals surface area (Å²) in [4.78, 5) is 0. The standard InChI is InChI=1S/C17H14ClN5O2/c18-12-4-1-10(2-5-12)14-8-13(19-17-20-21-22-23(14)17)11-3-6-15-16(7-11)25-9-24-15/h1-7,13-14H,8-9H2,(H,19,20,22)/t13-,14+/m0/s1. The molecule has 0 spiro atoms. The highest BCUT2D eigenvalue weighted by atomic mass is 35.5. The van der Waals surface area contributed by atoms with Gasteiger partial charge in [0.1, 0.15) is 0 Å². The monoisotopic (exact) mass is 355 g/mol. The summed E-state index contributed by atoms with van der Waals surface area (Å²) in [6, 6.07) is 13.9. The van der Waals surface area contributed by atoms with E-state index in [-0.39, 0.29) is 18.9 Å². The van der Waals surface area contributed by atoms with E-state index in [2.05, 4.69) is 20.8 Å². The van der Waals surface area contributed by atoms with Gasteiger partial charge in [0.05, 0.1) is 12.1 Å². The average Bonchev–Trinajstić information content (AvgIpc) is 3.29. The molecular weight excluding hydrogens is 342 g/mol. The summed E-state index contributed by atoms with van der Waals surface area (Å²) < 4.78 is 12.7. The molecule has 3 aromatic rings. The van der Waals surface area contributed by atoms with Gasteiger partial charge in [0, 0.05) is 5.02 Å². The van der Waals surface area contributed by atoms with E-state index in [1.54, 1.807) is 0 Å². The second-order valence-electron chi connectivity index (χ2n) is 6.06. The van der Waals surface area contributed by atoms with Crippen molar-refractivity contribution in [2.45, 2.75) is 18.5 Å². The molecule has 0 saturated carbocycles. The molecule has 1 N–H and O–H groups in total. The SMILES string of the molecule is Clc1ccc([C@H]2C[C@@H](c3ccc4c(c3)OCO4)Nc3nnnn32)cc1. The highest BCUT2D eigenvalue weighted by Gasteiger charge is 2.31. The lowest BCUT2D eigenvalue weighted by Crippen LogP contribution is -2.28. The van der Waals surface area contributed by atoms with Crippen molar-refractivity contribution in [2.24, 2.45) is 0 Å². The Hall–Kier alpha value is -2.80. The fourth-order valence-electron chi connectivity index (χ4n) is 3.35. The third-order valence-electron chi connectivity index (χ3n) is 4.60. The normalized spacial score (nSPS) is 20.8. The summed E-state index contributed by atoms with van der Waals surface area (Å²) in [6.45, 7) is 0.266. The topological polar surface area (TPSA) is 74.1 Å². The number of hydrogen-bond acceptors (Lipinski definition) is 6. The molecule has 0 aliphatic carbocycles. The van der Waals surface area contributed by atoms with Crippen LogP contribution in [0.25, 0.3) is 0 Å². The summed E-state index contributed by atoms with van der Waals surface area (Å²) in [5.41, 5.74) is 2.22. The Morgan fingerprint density at radius 3 is 2.72 bits per heavy atom. The van der Waals surface area contributed by atoms with Crippen molar-refractivity contribution in [1.29, 1.82) is 0 Å². The number of fused-ring (bicyclic) bond motifs is 2. The maximum Gasteiger partial charge on any atom is 0.243 e. The molecule has 0 saturated heterocycles. The molecule has 1 aromatic heterocycles. The molecule has 3 heterocycles. The maximum absolute atomic E-state index is 6.02. The molecule has 2 atom stereocenters. The Morgan fingerprint density at radius 1 is 1.04 bits per heavy atom. The molecule has 25 heavy (non-hydrogen) atoms. The maximum atomic E-state index is 6.02. The van der Waals surface area contributed by atoms with Crippen molar-refractivity contribution < 1.29 is 9.47 Å². The van der Waals surface area contributed by atoms with Gasteiger partial charge in [0.2, 0.25) is 12.7 Å². The molecule has 7 nitrogen and oxygen atoms in total. The first-order valence-corrected chi connectivity index (χ1v) is 8.35. The van der Waals surface area contributed by atoms with Crippen molar-refractivity contribution in [2.75, 3.05) is 12.1 Å². The number of nitrogens with zero attached hydrogens (tertiary/aromatic N) is 4. The molecule has 0 radical (unpaired) electrons. The van der Waals surface area contributed by atoms with Gasteiger partial charge in [-0.15, -0.1) is 0 Å². The predicted octanol–water partition coefficient (Wildman–Crippen LogP) is 3.20. The number of hydrogen-bond donors (Lipinski definition) is 1. The summed E-state index contributed by atoms with van der Waals surface area (Å²) >= 11 is 6.02. The van der Waals surface area contributed by atoms with Gasteiger partial charge in [-0.2, -0.15) is 0 Å². The van der Waals surface area contributed by atoms with Crippen LogP contribution in [0.3, 0.4) is 0 Å². The van der Waals surface area contributed by atoms with Crippen LogP contribution in [0.1, 0.15) is 29.6 Å². The van der Waals surface area contributed by atoms with Crippen LogP contribution in [0, 0.1) is 0 Å². The Bertz CT molecular complexity index is 927. The molecule has 2 aliphatic heterocycles. The molecule has 5 rings (SSSR count). The summed E-state index contributed by atoms with van der Waals surface area (Å²) in [5.74, 6) is 2.19. The van der Waals surface area contributed by atoms with Gasteiger partial charge in [0.15, 0.2) is 11.5 Å². The lowest BCUT2D eigenvalue weighted by molar-refractivity contribution is 0.174. The van der Waals surface area contributed by atoms with Crippen molar-refractivity contribution in [3.63, 3.8) is 0 Å². The molecule has 0 bridgehead atoms. The van der Waals surface area contributed by atoms with Gasteiger partial charge in [-0.05, 0) is 52.2 Å². The first-order valence-electron chi connectivity index (χ1n) is 7.97. The zero-order valence-electron chi connectivity index (χ0n) is 13.1. The smallest absolute Gasteiger partial charge is 0.243 e. The number of ether oxygens (including phenoxy) is 2. The average molecular weight is 356 g/mol. The van der Waals surface area contributed by atoms with Gasteiger partial charge in [-0.25, -0.2) is 4.68 Å². The van der Waals surface area contributed by atoms with E-state index in [1.165, 1.54) is 0 Å². The van der Waals surface area contributed by atoms with Gasteiger partial charge in [-0.1, -0.05) is 34.9 Å². The highest BCUT2D eigenvalue weighted by molar-refractivity contribution is 6.30. The Morgan fingerprint density at radius 2 is 1.84 bits per heavy atom. The van der Waals surface area contributed by atoms with Crippen LogP contribution in [0.15, 0.2) is 42.5 Å². The van der Waals surface area contributed by atoms with Gasteiger partial charge < -0.3 is 14.8 Å². The first kappa shape index (κ1) is 14.5. The fourth-order valence-corrected chi connectivity index (χ4v) is 3.47. The summed E-state index contributed by atoms with van der Waals surface area (Å²) in [6.07, 6.45) is 0.805. The predicted molar refractivity (Wildman–Crippen MR) is 91.0 cm³/mol. The Labute approximate surface area is 148 Å². The van der Waals surface area contributed by atoms with Crippen LogP contribution in [-0.4, -0.2) is 27.0 Å². The van der Waals surface area contributed by atoms with E-state index < -0.39 is 0 Å². The van der Waals surface area contributed by atoms with E-state index in [0.29, 0.717) is 11.0 Å². The molecule has 8 heteroatoms. The van der Waals surface area contributed by atoms with Gasteiger partial charge >= 0.3 is 0 Å². The van der Waals surface area contributed by atoms with Crippen molar-refractivity contribution in [3.8, 4) is 11.5 Å². The molecule has 0 unspecified atom stereocenters. The zero-order chi connectivity index (χ0) is 16.8. The van der Waals surface area contributed by atoms with E-state index in [1.807, 2.05) is 47.1 Å². The minimum absolute atomic E-state index is 0.0268. The van der Waals surface area contributed by atoms with Crippen LogP contribution >= 0.6 is 11.6 Å². The molecule has 2 aliphatic rings. The zero-order valence-corrected chi connectivity index (χ0v) is 13.8. The van der Waals surface area contributed by atoms with Crippen LogP contribution in [0.5, 0.6) is 11.5 Å². The Kier molecular flexibility index (Phi) is 3.27. The minimum atomic E-state index is 0.0268. The highest BCUT2D eigenvalue weighted by Crippen LogP contribution is 2.40. The molecule has 126 valence electrons. The number of nitrogens with one attached hydrogen (secondary N) is 1. The minimum Gasteiger partial charge on any atom is -0.454 e. The number of halogens is 1. The summed E-state index contributed by atoms with van der Waals surface area (Å²) in [7, 11) is 0. The molecular formula is C17H14ClN5O2. The number of anilines is 1. The number of rotatable bonds is 2. The van der Waals surface area contributed by atoms with E-state index in [0.717, 1.165) is 29.0 Å². The summed E-state index contributed by atoms with van der Waals surface area (Å²) in [5, 5.41) is 16.2. The fraction of sp³-hybridized carbons (Fsp3) is 0.235. The van der Waals surface area contributed by atoms with Gasteiger partial charge in [0.25, 0.3) is 0 Å². The molecule has 0 fully saturated rings. The lowest BCUT2D eigenvalue weighted by Gasteiger charge is -2.31. The number of benzene rings is 2. The van der Waals surface area contributed by atoms with E-state index >= 15 is 0 Å². The second kappa shape index (κ2) is 5.63. The Balaban J connectivity index is 1.52. The van der Waals surface area contributed by atoms with Crippen molar-refractivity contribution >= 4 is 17.5 Å². The lowest BCUT2D eigenvalue weighted by atomic mass is 9.93. The van der Waals surface area contributed by atoms with E-state index in [9.17, 15) is 0 Å². The quantitative estimate of drug-likeness (QED) is 0.761. The van der Waals surface area contributed by atoms with Crippen molar-refractivity contribution in [3.05, 3.63) is 58.6 Å². The second-order valence-corrected chi connectivity index (χ2v) is 6.50. The van der Waals surface area contributed by atoms with E-state index in [4.69, 9.17) is 21.1 Å². The van der Waals surface area contributed by atoms with Gasteiger partial charge in [-0.3, -0.25) is 0 Å². The van der Waals surface area contributed by atoms with Crippen LogP contribution < -0.4 is 14.8 Å². The van der Waals surface area contributed by atoms with Crippen LogP contribution in [-0.2, 0) is 0 Å². The largest absolute Gasteiger partial charge is 0.454 e. The third-order valence-corrected chi connectivity index (χ3v) is 4.86. The third kappa shape index (κ3) is 2.47. The number of aromatic nitrogens is 4. The molecule has 0 amide bonds. The van der Waals surface area contributed by atoms with Crippen LogP contribution in [0.4, 0.5) is 5.95 Å². The first-order chi connectivity index (χ1) is 12.3. The molecule has 2 aromatic carbocycles. The van der Waals surface area contributed by atoms with Crippen molar-refractivity contribution in [1.82, 2.24) is 20.2 Å². The number of tetrazole rings is 1.